The molecule has 0 radical (unpaired) electrons. The van der Waals surface area contributed by atoms with Crippen molar-refractivity contribution in [1.29, 1.82) is 0 Å². The smallest absolute Gasteiger partial charge is 0.231 e. The molecule has 0 spiro atoms. The van der Waals surface area contributed by atoms with Crippen LogP contribution in [0.15, 0.2) is 29.8 Å². The van der Waals surface area contributed by atoms with Crippen LogP contribution in [-0.2, 0) is 4.79 Å². The number of amidine groups is 1. The Hall–Kier alpha value is -1.03. The normalized spacial score (nSPS) is 12.1. The molecule has 0 aromatic heterocycles. The molecule has 3 nitrogen and oxygen atoms in total. The zero-order valence-electron chi connectivity index (χ0n) is 8.83. The van der Waals surface area contributed by atoms with Gasteiger partial charge in [0.2, 0.25) is 5.91 Å². The van der Waals surface area contributed by atoms with Gasteiger partial charge < -0.3 is 5.32 Å². The van der Waals surface area contributed by atoms with Gasteiger partial charge in [0, 0.05) is 11.6 Å². The molecule has 0 rings (SSSR count). The van der Waals surface area contributed by atoms with Gasteiger partial charge in [-0.3, -0.25) is 4.79 Å². The van der Waals surface area contributed by atoms with Crippen molar-refractivity contribution in [1.82, 2.24) is 5.32 Å². The largest absolute Gasteiger partial charge is 0.304 e. The molecule has 1 N–H and O–H groups in total. The van der Waals surface area contributed by atoms with E-state index in [9.17, 15) is 4.79 Å². The van der Waals surface area contributed by atoms with Crippen molar-refractivity contribution in [3.05, 3.63) is 24.8 Å². The van der Waals surface area contributed by atoms with E-state index in [-0.39, 0.29) is 5.91 Å². The minimum atomic E-state index is -0.427. The van der Waals surface area contributed by atoms with Gasteiger partial charge in [-0.15, -0.1) is 0 Å². The maximum absolute atomic E-state index is 11.6. The van der Waals surface area contributed by atoms with Crippen LogP contribution in [0.25, 0.3) is 0 Å². The Morgan fingerprint density at radius 3 is 2.36 bits per heavy atom. The molecule has 0 aliphatic heterocycles. The second kappa shape index (κ2) is 5.65. The summed E-state index contributed by atoms with van der Waals surface area (Å²) in [5, 5.41) is 4.79. The lowest BCUT2D eigenvalue weighted by Crippen LogP contribution is -2.37. The van der Waals surface area contributed by atoms with Crippen molar-refractivity contribution in [3.63, 3.8) is 0 Å². The Morgan fingerprint density at radius 1 is 1.43 bits per heavy atom. The van der Waals surface area contributed by atoms with Gasteiger partial charge in [-0.05, 0) is 5.41 Å². The lowest BCUT2D eigenvalue weighted by Gasteiger charge is -2.17. The second-order valence-corrected chi connectivity index (χ2v) is 4.56. The van der Waals surface area contributed by atoms with E-state index in [4.69, 9.17) is 0 Å². The van der Waals surface area contributed by atoms with Crippen molar-refractivity contribution in [3.8, 4) is 0 Å². The van der Waals surface area contributed by atoms with Crippen LogP contribution in [0.4, 0.5) is 0 Å². The van der Waals surface area contributed by atoms with E-state index < -0.39 is 5.41 Å². The Labute approximate surface area is 89.4 Å². The Morgan fingerprint density at radius 2 is 2.00 bits per heavy atom. The summed E-state index contributed by atoms with van der Waals surface area (Å²) < 4.78 is 0. The number of hydrogen-bond acceptors (Lipinski definition) is 3. The maximum atomic E-state index is 11.6. The molecule has 0 aromatic carbocycles. The van der Waals surface area contributed by atoms with Gasteiger partial charge in [0.25, 0.3) is 0 Å². The highest BCUT2D eigenvalue weighted by Gasteiger charge is 2.22. The molecular formula is C10H16N2OS. The summed E-state index contributed by atoms with van der Waals surface area (Å²) in [4.78, 5) is 15.5. The third-order valence-corrected chi connectivity index (χ3v) is 1.90. The lowest BCUT2D eigenvalue weighted by atomic mass is 9.96. The van der Waals surface area contributed by atoms with Crippen LogP contribution in [0.2, 0.25) is 0 Å². The number of amides is 1. The topological polar surface area (TPSA) is 41.5 Å². The molecule has 0 aliphatic rings. The highest BCUT2D eigenvalue weighted by molar-refractivity contribution is 8.16. The molecule has 0 heterocycles. The molecule has 0 unspecified atom stereocenters. The van der Waals surface area contributed by atoms with Crippen molar-refractivity contribution < 1.29 is 4.79 Å². The molecule has 0 aliphatic carbocycles. The molecule has 0 aromatic rings. The van der Waals surface area contributed by atoms with Crippen LogP contribution >= 0.6 is 11.8 Å². The van der Waals surface area contributed by atoms with E-state index in [1.165, 1.54) is 18.0 Å². The Balaban J connectivity index is 4.46. The minimum Gasteiger partial charge on any atom is -0.304 e. The van der Waals surface area contributed by atoms with E-state index in [2.05, 4.69) is 23.5 Å². The molecule has 78 valence electrons. The number of carbonyl (C=O) groups excluding carboxylic acids is 1. The number of nitrogens with zero attached hydrogens (tertiary/aromatic N) is 1. The van der Waals surface area contributed by atoms with Crippen LogP contribution in [0.3, 0.4) is 0 Å². The average Bonchev–Trinajstić information content (AvgIpc) is 2.03. The SMILES string of the molecule is C=C/N=C(/NC(=O)C(C)(C)C)SC=C. The highest BCUT2D eigenvalue weighted by atomic mass is 32.2. The summed E-state index contributed by atoms with van der Waals surface area (Å²) in [5.41, 5.74) is -0.427. The minimum absolute atomic E-state index is 0.0764. The Kier molecular flexibility index (Phi) is 5.23. The summed E-state index contributed by atoms with van der Waals surface area (Å²) in [7, 11) is 0. The van der Waals surface area contributed by atoms with Crippen molar-refractivity contribution in [2.24, 2.45) is 10.4 Å². The van der Waals surface area contributed by atoms with E-state index >= 15 is 0 Å². The summed E-state index contributed by atoms with van der Waals surface area (Å²) in [5.74, 6) is -0.0764. The molecule has 0 saturated heterocycles. The van der Waals surface area contributed by atoms with Gasteiger partial charge in [0.15, 0.2) is 5.17 Å². The van der Waals surface area contributed by atoms with Gasteiger partial charge in [0.05, 0.1) is 0 Å². The van der Waals surface area contributed by atoms with Crippen LogP contribution in [0.5, 0.6) is 0 Å². The fourth-order valence-corrected chi connectivity index (χ4v) is 0.984. The van der Waals surface area contributed by atoms with E-state index in [1.807, 2.05) is 20.8 Å². The first-order chi connectivity index (χ1) is 6.41. The number of nitrogens with one attached hydrogen (secondary N) is 1. The summed E-state index contributed by atoms with van der Waals surface area (Å²) in [6.45, 7) is 12.5. The average molecular weight is 212 g/mol. The number of thioether (sulfide) groups is 1. The van der Waals surface area contributed by atoms with Crippen molar-refractivity contribution in [2.45, 2.75) is 20.8 Å². The highest BCUT2D eigenvalue weighted by Crippen LogP contribution is 2.14. The monoisotopic (exact) mass is 212 g/mol. The van der Waals surface area contributed by atoms with Crippen LogP contribution in [-0.4, -0.2) is 11.1 Å². The Bertz CT molecular complexity index is 264. The molecule has 14 heavy (non-hydrogen) atoms. The molecular weight excluding hydrogens is 196 g/mol. The molecule has 0 saturated carbocycles. The van der Waals surface area contributed by atoms with E-state index in [1.54, 1.807) is 5.41 Å². The van der Waals surface area contributed by atoms with E-state index in [0.29, 0.717) is 5.17 Å². The zero-order valence-corrected chi connectivity index (χ0v) is 9.65. The number of rotatable bonds is 2. The lowest BCUT2D eigenvalue weighted by molar-refractivity contribution is -0.126. The quantitative estimate of drug-likeness (QED) is 0.564. The summed E-state index contributed by atoms with van der Waals surface area (Å²) >= 11 is 1.26. The maximum Gasteiger partial charge on any atom is 0.231 e. The third-order valence-electron chi connectivity index (χ3n) is 1.31. The fraction of sp³-hybridized carbons (Fsp3) is 0.400. The van der Waals surface area contributed by atoms with Gasteiger partial charge in [-0.2, -0.15) is 0 Å². The van der Waals surface area contributed by atoms with Crippen molar-refractivity contribution in [2.75, 3.05) is 0 Å². The molecule has 0 atom stereocenters. The zero-order chi connectivity index (χ0) is 11.2. The van der Waals surface area contributed by atoms with Gasteiger partial charge in [-0.1, -0.05) is 45.7 Å². The van der Waals surface area contributed by atoms with E-state index in [0.717, 1.165) is 0 Å². The number of hydrogen-bond donors (Lipinski definition) is 1. The first-order valence-electron chi connectivity index (χ1n) is 4.19. The first kappa shape index (κ1) is 13.0. The first-order valence-corrected chi connectivity index (χ1v) is 5.07. The van der Waals surface area contributed by atoms with Crippen LogP contribution < -0.4 is 5.32 Å². The molecule has 0 fully saturated rings. The van der Waals surface area contributed by atoms with Gasteiger partial charge in [-0.25, -0.2) is 4.99 Å². The summed E-state index contributed by atoms with van der Waals surface area (Å²) in [6, 6.07) is 0. The molecule has 1 amide bonds. The van der Waals surface area contributed by atoms with Gasteiger partial charge >= 0.3 is 0 Å². The fourth-order valence-electron chi connectivity index (χ4n) is 0.539. The third kappa shape index (κ3) is 4.87. The molecule has 0 bridgehead atoms. The summed E-state index contributed by atoms with van der Waals surface area (Å²) in [6.07, 6.45) is 1.38. The van der Waals surface area contributed by atoms with Crippen molar-refractivity contribution >= 4 is 22.8 Å². The van der Waals surface area contributed by atoms with Crippen LogP contribution in [0, 0.1) is 5.41 Å². The standard InChI is InChI=1S/C10H16N2OS/c1-6-11-9(14-7-2)12-8(13)10(3,4)5/h6-7H,1-2H2,3-5H3,(H,11,12,13). The molecule has 4 heteroatoms. The predicted octanol–water partition coefficient (Wildman–Crippen LogP) is 2.52. The van der Waals surface area contributed by atoms with Crippen LogP contribution in [0.1, 0.15) is 20.8 Å². The second-order valence-electron chi connectivity index (χ2n) is 3.61. The predicted molar refractivity (Wildman–Crippen MR) is 63.0 cm³/mol. The van der Waals surface area contributed by atoms with Gasteiger partial charge in [0.1, 0.15) is 0 Å². The number of aliphatic imine (C=N–C) groups is 1. The number of carbonyl (C=O) groups is 1.